The van der Waals surface area contributed by atoms with Gasteiger partial charge in [-0.1, -0.05) is 6.92 Å². The SMILES string of the molecule is CCNC.[Hf].[Hf]. The van der Waals surface area contributed by atoms with Crippen LogP contribution in [0.3, 0.4) is 0 Å². The van der Waals surface area contributed by atoms with E-state index in [2.05, 4.69) is 12.2 Å². The van der Waals surface area contributed by atoms with Crippen molar-refractivity contribution in [1.29, 1.82) is 0 Å². The van der Waals surface area contributed by atoms with Crippen LogP contribution >= 0.6 is 0 Å². The number of rotatable bonds is 1. The van der Waals surface area contributed by atoms with Gasteiger partial charge in [-0.2, -0.15) is 0 Å². The Labute approximate surface area is 76.8 Å². The minimum Gasteiger partial charge on any atom is -0.320 e. The topological polar surface area (TPSA) is 12.0 Å². The second kappa shape index (κ2) is 15.9. The molecular weight excluding hydrogens is 407 g/mol. The average molecular weight is 416 g/mol. The number of hydrogen-bond donors (Lipinski definition) is 1. The molecule has 34 valence electrons. The molecule has 6 heavy (non-hydrogen) atoms. The first-order valence-corrected chi connectivity index (χ1v) is 1.56. The predicted octanol–water partition coefficient (Wildman–Crippen LogP) is 0.221. The third kappa shape index (κ3) is 17.3. The molecule has 0 saturated carbocycles. The van der Waals surface area contributed by atoms with E-state index in [0.717, 1.165) is 6.54 Å². The summed E-state index contributed by atoms with van der Waals surface area (Å²) in [7, 11) is 1.93. The molecule has 0 fully saturated rings. The fraction of sp³-hybridized carbons (Fsp3) is 1.00. The van der Waals surface area contributed by atoms with E-state index in [1.165, 1.54) is 0 Å². The van der Waals surface area contributed by atoms with Gasteiger partial charge in [-0.05, 0) is 13.6 Å². The van der Waals surface area contributed by atoms with Crippen LogP contribution in [0.5, 0.6) is 0 Å². The van der Waals surface area contributed by atoms with Crippen molar-refractivity contribution in [2.45, 2.75) is 6.92 Å². The van der Waals surface area contributed by atoms with E-state index in [1.807, 2.05) is 7.05 Å². The van der Waals surface area contributed by atoms with Crippen molar-refractivity contribution >= 4 is 0 Å². The molecular formula is C3H9Hf2N. The van der Waals surface area contributed by atoms with Crippen molar-refractivity contribution in [2.75, 3.05) is 13.6 Å². The molecule has 3 heteroatoms. The zero-order valence-corrected chi connectivity index (χ0v) is 11.4. The molecule has 0 aliphatic rings. The van der Waals surface area contributed by atoms with Crippen molar-refractivity contribution in [3.63, 3.8) is 0 Å². The van der Waals surface area contributed by atoms with Gasteiger partial charge in [0.05, 0.1) is 0 Å². The third-order valence-corrected chi connectivity index (χ3v) is 0.354. The van der Waals surface area contributed by atoms with Crippen LogP contribution in [0.2, 0.25) is 0 Å². The van der Waals surface area contributed by atoms with E-state index in [9.17, 15) is 0 Å². The molecule has 0 aliphatic carbocycles. The molecule has 0 heterocycles. The smallest absolute Gasteiger partial charge is 0 e. The Morgan fingerprint density at radius 3 is 1.50 bits per heavy atom. The van der Waals surface area contributed by atoms with Crippen molar-refractivity contribution in [3.8, 4) is 0 Å². The summed E-state index contributed by atoms with van der Waals surface area (Å²) in [6.45, 7) is 3.14. The summed E-state index contributed by atoms with van der Waals surface area (Å²) >= 11 is 0. The molecule has 0 aromatic rings. The Morgan fingerprint density at radius 1 is 1.33 bits per heavy atom. The largest absolute Gasteiger partial charge is 0.320 e. The molecule has 1 N–H and O–H groups in total. The first-order valence-electron chi connectivity index (χ1n) is 1.56. The zero-order chi connectivity index (χ0) is 3.41. The quantitative estimate of drug-likeness (QED) is 0.604. The summed E-state index contributed by atoms with van der Waals surface area (Å²) in [5, 5.41) is 2.93. The minimum absolute atomic E-state index is 0. The van der Waals surface area contributed by atoms with E-state index in [1.54, 1.807) is 0 Å². The molecule has 1 nitrogen and oxygen atoms in total. The summed E-state index contributed by atoms with van der Waals surface area (Å²) < 4.78 is 0. The molecule has 0 aromatic heterocycles. The van der Waals surface area contributed by atoms with E-state index in [0.29, 0.717) is 0 Å². The maximum atomic E-state index is 2.93. The average Bonchev–Trinajstić information content (AvgIpc) is 1.37. The maximum Gasteiger partial charge on any atom is 0 e. The fourth-order valence-corrected chi connectivity index (χ4v) is 0. The Balaban J connectivity index is -0.0000000450. The van der Waals surface area contributed by atoms with Crippen LogP contribution in [-0.4, -0.2) is 13.6 Å². The van der Waals surface area contributed by atoms with E-state index in [-0.39, 0.29) is 51.7 Å². The standard InChI is InChI=1S/C3H9N.2Hf/c1-3-4-2;;/h4H,3H2,1-2H3;;. The molecule has 0 bridgehead atoms. The zero-order valence-electron chi connectivity index (χ0n) is 4.21. The van der Waals surface area contributed by atoms with Crippen LogP contribution in [0.4, 0.5) is 0 Å². The van der Waals surface area contributed by atoms with E-state index in [4.69, 9.17) is 0 Å². The second-order valence-electron chi connectivity index (χ2n) is 0.707. The fourth-order valence-electron chi connectivity index (χ4n) is 0. The van der Waals surface area contributed by atoms with E-state index < -0.39 is 0 Å². The van der Waals surface area contributed by atoms with E-state index >= 15 is 0 Å². The van der Waals surface area contributed by atoms with Gasteiger partial charge in [0.25, 0.3) is 0 Å². The summed E-state index contributed by atoms with van der Waals surface area (Å²) in [5.74, 6) is 0. The van der Waals surface area contributed by atoms with Gasteiger partial charge in [0.2, 0.25) is 0 Å². The first kappa shape index (κ1) is 15.6. The Hall–Kier alpha value is 1.70. The van der Waals surface area contributed by atoms with Crippen molar-refractivity contribution in [2.24, 2.45) is 0 Å². The van der Waals surface area contributed by atoms with Gasteiger partial charge in [0.1, 0.15) is 0 Å². The molecule has 0 aromatic carbocycles. The molecule has 0 unspecified atom stereocenters. The summed E-state index contributed by atoms with van der Waals surface area (Å²) in [5.41, 5.74) is 0. The Morgan fingerprint density at radius 2 is 1.50 bits per heavy atom. The maximum absolute atomic E-state index is 2.93. The normalized spacial score (nSPS) is 5.00. The van der Waals surface area contributed by atoms with Crippen LogP contribution in [0, 0.1) is 0 Å². The molecule has 0 rings (SSSR count). The molecule has 0 saturated heterocycles. The van der Waals surface area contributed by atoms with Crippen LogP contribution in [0.15, 0.2) is 0 Å². The molecule has 0 aliphatic heterocycles. The van der Waals surface area contributed by atoms with Crippen LogP contribution in [0.25, 0.3) is 0 Å². The van der Waals surface area contributed by atoms with Gasteiger partial charge in [-0.3, -0.25) is 0 Å². The van der Waals surface area contributed by atoms with Crippen LogP contribution < -0.4 is 5.32 Å². The summed E-state index contributed by atoms with van der Waals surface area (Å²) in [6, 6.07) is 0. The summed E-state index contributed by atoms with van der Waals surface area (Å²) in [4.78, 5) is 0. The van der Waals surface area contributed by atoms with Crippen LogP contribution in [-0.2, 0) is 51.7 Å². The molecule has 0 amide bonds. The monoisotopic (exact) mass is 419 g/mol. The molecule has 0 spiro atoms. The van der Waals surface area contributed by atoms with Gasteiger partial charge in [0, 0.05) is 51.7 Å². The Kier molecular flexibility index (Phi) is 41.5. The molecule has 0 atom stereocenters. The van der Waals surface area contributed by atoms with Gasteiger partial charge in [-0.25, -0.2) is 0 Å². The first-order chi connectivity index (χ1) is 1.91. The molecule has 0 radical (unpaired) electrons. The number of nitrogens with one attached hydrogen (secondary N) is 1. The minimum atomic E-state index is 0. The van der Waals surface area contributed by atoms with Crippen molar-refractivity contribution < 1.29 is 51.7 Å². The van der Waals surface area contributed by atoms with Crippen molar-refractivity contribution in [1.82, 2.24) is 5.32 Å². The van der Waals surface area contributed by atoms with Gasteiger partial charge < -0.3 is 5.32 Å². The van der Waals surface area contributed by atoms with Crippen LogP contribution in [0.1, 0.15) is 6.92 Å². The summed E-state index contributed by atoms with van der Waals surface area (Å²) in [6.07, 6.45) is 0. The number of hydrogen-bond acceptors (Lipinski definition) is 1. The Bertz CT molecular complexity index is 10.8. The predicted molar refractivity (Wildman–Crippen MR) is 19.6 cm³/mol. The second-order valence-corrected chi connectivity index (χ2v) is 0.707. The van der Waals surface area contributed by atoms with Crippen molar-refractivity contribution in [3.05, 3.63) is 0 Å². The third-order valence-electron chi connectivity index (χ3n) is 0.354. The van der Waals surface area contributed by atoms with Gasteiger partial charge >= 0.3 is 0 Å². The van der Waals surface area contributed by atoms with Gasteiger partial charge in [0.15, 0.2) is 0 Å². The van der Waals surface area contributed by atoms with Gasteiger partial charge in [-0.15, -0.1) is 0 Å².